The van der Waals surface area contributed by atoms with Crippen molar-refractivity contribution in [3.8, 4) is 0 Å². The second-order valence-corrected chi connectivity index (χ2v) is 2.43. The molecule has 3 nitrogen and oxygen atoms in total. The van der Waals surface area contributed by atoms with E-state index in [1.807, 2.05) is 6.92 Å². The highest BCUT2D eigenvalue weighted by Gasteiger charge is 1.92. The standard InChI is InChI=1S/C9H9NO2/c1-7-5-9(12)10-6-8(7)3-2-4-11/h2-6H,1H3,(H,10,12). The van der Waals surface area contributed by atoms with Gasteiger partial charge >= 0.3 is 0 Å². The molecule has 0 unspecified atom stereocenters. The summed E-state index contributed by atoms with van der Waals surface area (Å²) in [5, 5.41) is 0. The first kappa shape index (κ1) is 8.46. The summed E-state index contributed by atoms with van der Waals surface area (Å²) in [4.78, 5) is 23.3. The Hall–Kier alpha value is -1.64. The maximum atomic E-state index is 10.8. The van der Waals surface area contributed by atoms with Crippen molar-refractivity contribution in [3.63, 3.8) is 0 Å². The highest BCUT2D eigenvalue weighted by molar-refractivity contribution is 5.74. The molecule has 0 amide bonds. The number of hydrogen-bond donors (Lipinski definition) is 1. The molecule has 0 fully saturated rings. The Morgan fingerprint density at radius 2 is 2.25 bits per heavy atom. The zero-order valence-corrected chi connectivity index (χ0v) is 6.70. The molecule has 1 rings (SSSR count). The first-order valence-corrected chi connectivity index (χ1v) is 3.55. The maximum Gasteiger partial charge on any atom is 0.248 e. The van der Waals surface area contributed by atoms with Crippen molar-refractivity contribution in [1.29, 1.82) is 0 Å². The zero-order valence-electron chi connectivity index (χ0n) is 6.70. The van der Waals surface area contributed by atoms with Gasteiger partial charge in [-0.25, -0.2) is 0 Å². The van der Waals surface area contributed by atoms with Crippen molar-refractivity contribution >= 4 is 12.4 Å². The average Bonchev–Trinajstić information content (AvgIpc) is 2.03. The lowest BCUT2D eigenvalue weighted by atomic mass is 10.1. The van der Waals surface area contributed by atoms with E-state index in [-0.39, 0.29) is 5.56 Å². The molecule has 0 aliphatic carbocycles. The molecule has 0 spiro atoms. The number of H-pyrrole nitrogens is 1. The van der Waals surface area contributed by atoms with Crippen LogP contribution in [-0.2, 0) is 4.79 Å². The Kier molecular flexibility index (Phi) is 2.58. The second-order valence-electron chi connectivity index (χ2n) is 2.43. The number of nitrogens with one attached hydrogen (secondary N) is 1. The van der Waals surface area contributed by atoms with Gasteiger partial charge in [-0.3, -0.25) is 9.59 Å². The topological polar surface area (TPSA) is 49.9 Å². The van der Waals surface area contributed by atoms with Gasteiger partial charge in [-0.15, -0.1) is 0 Å². The number of pyridine rings is 1. The lowest BCUT2D eigenvalue weighted by Gasteiger charge is -1.95. The highest BCUT2D eigenvalue weighted by Crippen LogP contribution is 2.03. The second kappa shape index (κ2) is 3.67. The number of rotatable bonds is 2. The molecule has 1 heterocycles. The van der Waals surface area contributed by atoms with Crippen molar-refractivity contribution in [3.05, 3.63) is 39.8 Å². The smallest absolute Gasteiger partial charge is 0.248 e. The summed E-state index contributed by atoms with van der Waals surface area (Å²) < 4.78 is 0. The van der Waals surface area contributed by atoms with E-state index in [0.29, 0.717) is 6.29 Å². The minimum Gasteiger partial charge on any atom is -0.328 e. The van der Waals surface area contributed by atoms with E-state index < -0.39 is 0 Å². The van der Waals surface area contributed by atoms with E-state index in [9.17, 15) is 9.59 Å². The van der Waals surface area contributed by atoms with Gasteiger partial charge in [0.1, 0.15) is 6.29 Å². The van der Waals surface area contributed by atoms with Crippen LogP contribution in [0, 0.1) is 6.92 Å². The quantitative estimate of drug-likeness (QED) is 0.520. The molecular weight excluding hydrogens is 154 g/mol. The van der Waals surface area contributed by atoms with Crippen molar-refractivity contribution in [2.75, 3.05) is 0 Å². The molecule has 3 heteroatoms. The summed E-state index contributed by atoms with van der Waals surface area (Å²) in [5.41, 5.74) is 1.58. The van der Waals surface area contributed by atoms with Gasteiger partial charge in [0, 0.05) is 12.3 Å². The largest absolute Gasteiger partial charge is 0.328 e. The number of aryl methyl sites for hydroxylation is 1. The van der Waals surface area contributed by atoms with Crippen LogP contribution in [0.4, 0.5) is 0 Å². The number of allylic oxidation sites excluding steroid dienone is 1. The lowest BCUT2D eigenvalue weighted by molar-refractivity contribution is -0.104. The molecule has 0 radical (unpaired) electrons. The minimum atomic E-state index is -0.129. The third-order valence-corrected chi connectivity index (χ3v) is 1.53. The van der Waals surface area contributed by atoms with Crippen molar-refractivity contribution in [2.45, 2.75) is 6.92 Å². The Labute approximate surface area is 69.7 Å². The third kappa shape index (κ3) is 1.92. The van der Waals surface area contributed by atoms with Gasteiger partial charge in [0.2, 0.25) is 5.56 Å². The van der Waals surface area contributed by atoms with Crippen LogP contribution in [0.2, 0.25) is 0 Å². The van der Waals surface area contributed by atoms with Crippen LogP contribution in [0.25, 0.3) is 6.08 Å². The number of aldehydes is 1. The molecule has 1 N–H and O–H groups in total. The minimum absolute atomic E-state index is 0.129. The van der Waals surface area contributed by atoms with Crippen LogP contribution in [0.1, 0.15) is 11.1 Å². The summed E-state index contributed by atoms with van der Waals surface area (Å²) in [5.74, 6) is 0. The van der Waals surface area contributed by atoms with Crippen LogP contribution >= 0.6 is 0 Å². The Morgan fingerprint density at radius 1 is 1.50 bits per heavy atom. The van der Waals surface area contributed by atoms with E-state index in [4.69, 9.17) is 0 Å². The molecule has 0 aliphatic heterocycles. The van der Waals surface area contributed by atoms with Crippen molar-refractivity contribution in [2.24, 2.45) is 0 Å². The van der Waals surface area contributed by atoms with Crippen LogP contribution in [0.5, 0.6) is 0 Å². The molecule has 0 bridgehead atoms. The van der Waals surface area contributed by atoms with Gasteiger partial charge in [-0.05, 0) is 24.1 Å². The third-order valence-electron chi connectivity index (χ3n) is 1.53. The number of carbonyl (C=O) groups is 1. The molecule has 0 saturated heterocycles. The van der Waals surface area contributed by atoms with Crippen LogP contribution < -0.4 is 5.56 Å². The molecule has 0 aromatic carbocycles. The Morgan fingerprint density at radius 3 is 2.83 bits per heavy atom. The first-order valence-electron chi connectivity index (χ1n) is 3.55. The van der Waals surface area contributed by atoms with Crippen molar-refractivity contribution in [1.82, 2.24) is 4.98 Å². The number of hydrogen-bond acceptors (Lipinski definition) is 2. The van der Waals surface area contributed by atoms with Gasteiger partial charge < -0.3 is 4.98 Å². The normalized spacial score (nSPS) is 10.4. The molecule has 12 heavy (non-hydrogen) atoms. The fourth-order valence-electron chi connectivity index (χ4n) is 0.907. The van der Waals surface area contributed by atoms with Crippen LogP contribution in [0.15, 0.2) is 23.1 Å². The predicted octanol–water partition coefficient (Wildman–Crippen LogP) is 0.895. The van der Waals surface area contributed by atoms with E-state index in [1.165, 1.54) is 12.1 Å². The predicted molar refractivity (Wildman–Crippen MR) is 46.9 cm³/mol. The van der Waals surface area contributed by atoms with E-state index in [2.05, 4.69) is 4.98 Å². The molecule has 1 aromatic heterocycles. The van der Waals surface area contributed by atoms with Gasteiger partial charge in [0.25, 0.3) is 0 Å². The van der Waals surface area contributed by atoms with Gasteiger partial charge in [0.05, 0.1) is 0 Å². The molecule has 62 valence electrons. The van der Waals surface area contributed by atoms with E-state index >= 15 is 0 Å². The number of carbonyl (C=O) groups excluding carboxylic acids is 1. The van der Waals surface area contributed by atoms with Crippen LogP contribution in [-0.4, -0.2) is 11.3 Å². The highest BCUT2D eigenvalue weighted by atomic mass is 16.1. The summed E-state index contributed by atoms with van der Waals surface area (Å²) >= 11 is 0. The lowest BCUT2D eigenvalue weighted by Crippen LogP contribution is -2.04. The molecule has 0 atom stereocenters. The zero-order chi connectivity index (χ0) is 8.97. The molecule has 0 aliphatic rings. The molecule has 0 saturated carbocycles. The SMILES string of the molecule is Cc1cc(=O)[nH]cc1C=CC=O. The van der Waals surface area contributed by atoms with Gasteiger partial charge in [0.15, 0.2) is 0 Å². The number of aromatic amines is 1. The molecular formula is C9H9NO2. The summed E-state index contributed by atoms with van der Waals surface area (Å²) in [6.07, 6.45) is 5.32. The van der Waals surface area contributed by atoms with Gasteiger partial charge in [-0.1, -0.05) is 6.08 Å². The fourth-order valence-corrected chi connectivity index (χ4v) is 0.907. The van der Waals surface area contributed by atoms with E-state index in [1.54, 1.807) is 12.3 Å². The Balaban J connectivity index is 3.09. The average molecular weight is 163 g/mol. The first-order chi connectivity index (χ1) is 5.74. The Bertz CT molecular complexity index is 363. The fraction of sp³-hybridized carbons (Fsp3) is 0.111. The number of aromatic nitrogens is 1. The molecule has 1 aromatic rings. The van der Waals surface area contributed by atoms with Crippen LogP contribution in [0.3, 0.4) is 0 Å². The van der Waals surface area contributed by atoms with E-state index in [0.717, 1.165) is 11.1 Å². The van der Waals surface area contributed by atoms with Crippen molar-refractivity contribution < 1.29 is 4.79 Å². The summed E-state index contributed by atoms with van der Waals surface area (Å²) in [6.45, 7) is 1.82. The maximum absolute atomic E-state index is 10.8. The summed E-state index contributed by atoms with van der Waals surface area (Å²) in [6, 6.07) is 1.49. The summed E-state index contributed by atoms with van der Waals surface area (Å²) in [7, 11) is 0. The van der Waals surface area contributed by atoms with Gasteiger partial charge in [-0.2, -0.15) is 0 Å². The monoisotopic (exact) mass is 163 g/mol.